The Morgan fingerprint density at radius 3 is 2.34 bits per heavy atom. The molecule has 32 heavy (non-hydrogen) atoms. The van der Waals surface area contributed by atoms with Crippen molar-refractivity contribution >= 4 is 5.97 Å². The monoisotopic (exact) mass is 442 g/mol. The molecular weight excluding hydrogens is 396 g/mol. The summed E-state index contributed by atoms with van der Waals surface area (Å²) in [7, 11) is 0. The van der Waals surface area contributed by atoms with E-state index in [0.29, 0.717) is 17.8 Å². The summed E-state index contributed by atoms with van der Waals surface area (Å²) in [5, 5.41) is 21.1. The van der Waals surface area contributed by atoms with Crippen LogP contribution in [0.25, 0.3) is 0 Å². The van der Waals surface area contributed by atoms with Crippen molar-refractivity contribution in [1.29, 1.82) is 0 Å². The Labute approximate surface area is 195 Å². The molecule has 5 aliphatic carbocycles. The van der Waals surface area contributed by atoms with E-state index in [-0.39, 0.29) is 22.2 Å². The number of aliphatic carboxylic acids is 1. The van der Waals surface area contributed by atoms with Crippen LogP contribution < -0.4 is 0 Å². The molecule has 0 spiro atoms. The molecule has 5 aliphatic rings. The van der Waals surface area contributed by atoms with E-state index in [1.54, 1.807) is 5.57 Å². The topological polar surface area (TPSA) is 57.5 Å². The van der Waals surface area contributed by atoms with Gasteiger partial charge >= 0.3 is 5.97 Å². The predicted molar refractivity (Wildman–Crippen MR) is 128 cm³/mol. The Hall–Kier alpha value is -0.830. The molecule has 3 heteroatoms. The molecule has 5 rings (SSSR count). The highest BCUT2D eigenvalue weighted by molar-refractivity contribution is 5.76. The van der Waals surface area contributed by atoms with E-state index in [2.05, 4.69) is 40.7 Å². The lowest BCUT2D eigenvalue weighted by Gasteiger charge is -2.71. The average Bonchev–Trinajstić information content (AvgIpc) is 2.72. The van der Waals surface area contributed by atoms with Crippen LogP contribution in [0.5, 0.6) is 0 Å². The molecule has 0 saturated heterocycles. The second-order valence-corrected chi connectivity index (χ2v) is 13.9. The summed E-state index contributed by atoms with van der Waals surface area (Å²) < 4.78 is 0. The third kappa shape index (κ3) is 2.56. The SMILES string of the molecule is C[C@H]1CCC[C@]2(C)CC[C@]3(C)C(=CCC4[C@@]5(C)CC[C@@H](O)[C@](C)(C(=O)O)C5CC[C@]43C)C12. The van der Waals surface area contributed by atoms with Crippen molar-refractivity contribution in [2.24, 2.45) is 50.7 Å². The standard InChI is InChI=1S/C29H46O3/c1-18-8-7-13-25(2)16-17-27(4)19(23(18)25)9-10-20-26(3)14-12-22(30)29(6,24(31)32)21(26)11-15-28(20,27)5/h9,18,20-23,30H,7-8,10-17H2,1-6H3,(H,31,32)/t18-,20?,21?,22+,23?,25+,26+,27+,28+,29+/m0/s1. The van der Waals surface area contributed by atoms with Crippen molar-refractivity contribution < 1.29 is 15.0 Å². The van der Waals surface area contributed by atoms with Crippen LogP contribution in [0.4, 0.5) is 0 Å². The van der Waals surface area contributed by atoms with Crippen LogP contribution >= 0.6 is 0 Å². The van der Waals surface area contributed by atoms with E-state index in [4.69, 9.17) is 0 Å². The number of rotatable bonds is 1. The molecule has 0 aliphatic heterocycles. The number of aliphatic hydroxyl groups excluding tert-OH is 1. The van der Waals surface area contributed by atoms with Crippen LogP contribution in [0.1, 0.15) is 106 Å². The van der Waals surface area contributed by atoms with Gasteiger partial charge in [0.1, 0.15) is 0 Å². The molecule has 0 aromatic heterocycles. The van der Waals surface area contributed by atoms with Crippen LogP contribution in [0.2, 0.25) is 0 Å². The number of aliphatic hydroxyl groups is 1. The van der Waals surface area contributed by atoms with Crippen molar-refractivity contribution in [1.82, 2.24) is 0 Å². The van der Waals surface area contributed by atoms with Gasteiger partial charge in [-0.1, -0.05) is 59.1 Å². The minimum Gasteiger partial charge on any atom is -0.481 e. The van der Waals surface area contributed by atoms with Crippen LogP contribution in [0, 0.1) is 50.7 Å². The highest BCUT2D eigenvalue weighted by atomic mass is 16.4. The van der Waals surface area contributed by atoms with Gasteiger partial charge < -0.3 is 10.2 Å². The fourth-order valence-corrected chi connectivity index (χ4v) is 10.7. The van der Waals surface area contributed by atoms with Gasteiger partial charge in [-0.05, 0) is 104 Å². The van der Waals surface area contributed by atoms with Crippen molar-refractivity contribution in [3.8, 4) is 0 Å². The summed E-state index contributed by atoms with van der Waals surface area (Å²) in [6, 6.07) is 0. The van der Waals surface area contributed by atoms with E-state index < -0.39 is 17.5 Å². The van der Waals surface area contributed by atoms with Gasteiger partial charge in [-0.2, -0.15) is 0 Å². The molecule has 180 valence electrons. The van der Waals surface area contributed by atoms with Crippen molar-refractivity contribution in [2.45, 2.75) is 112 Å². The molecule has 4 fully saturated rings. The first-order valence-corrected chi connectivity index (χ1v) is 13.5. The lowest BCUT2D eigenvalue weighted by molar-refractivity contribution is -0.216. The van der Waals surface area contributed by atoms with Crippen LogP contribution in [0.15, 0.2) is 11.6 Å². The highest BCUT2D eigenvalue weighted by Crippen LogP contribution is 2.75. The number of carboxylic acids is 1. The van der Waals surface area contributed by atoms with E-state index in [1.165, 1.54) is 32.1 Å². The number of carboxylic acid groups (broad SMARTS) is 1. The summed E-state index contributed by atoms with van der Waals surface area (Å²) in [4.78, 5) is 12.5. The van der Waals surface area contributed by atoms with Crippen molar-refractivity contribution in [3.63, 3.8) is 0 Å². The largest absolute Gasteiger partial charge is 0.481 e. The van der Waals surface area contributed by atoms with Gasteiger partial charge in [0.05, 0.1) is 11.5 Å². The Morgan fingerprint density at radius 1 is 0.938 bits per heavy atom. The van der Waals surface area contributed by atoms with Gasteiger partial charge in [0.15, 0.2) is 0 Å². The third-order valence-electron chi connectivity index (χ3n) is 12.9. The number of allylic oxidation sites excluding steroid dienone is 2. The van der Waals surface area contributed by atoms with E-state index in [0.717, 1.165) is 37.5 Å². The quantitative estimate of drug-likeness (QED) is 0.437. The van der Waals surface area contributed by atoms with Crippen molar-refractivity contribution in [2.75, 3.05) is 0 Å². The maximum atomic E-state index is 12.5. The molecular formula is C29H46O3. The van der Waals surface area contributed by atoms with Crippen LogP contribution in [-0.4, -0.2) is 22.3 Å². The molecule has 0 radical (unpaired) electrons. The highest BCUT2D eigenvalue weighted by Gasteiger charge is 2.69. The Morgan fingerprint density at radius 2 is 1.66 bits per heavy atom. The molecule has 3 unspecified atom stereocenters. The van der Waals surface area contributed by atoms with Gasteiger partial charge in [-0.25, -0.2) is 0 Å². The normalized spacial score (nSPS) is 57.3. The zero-order chi connectivity index (χ0) is 23.3. The molecule has 3 nitrogen and oxygen atoms in total. The number of hydrogen-bond acceptors (Lipinski definition) is 2. The number of fused-ring (bicyclic) bond motifs is 7. The molecule has 0 heterocycles. The fourth-order valence-electron chi connectivity index (χ4n) is 10.7. The Bertz CT molecular complexity index is 847. The van der Waals surface area contributed by atoms with Crippen LogP contribution in [-0.2, 0) is 4.79 Å². The number of hydrogen-bond donors (Lipinski definition) is 2. The second-order valence-electron chi connectivity index (χ2n) is 13.9. The van der Waals surface area contributed by atoms with Crippen molar-refractivity contribution in [3.05, 3.63) is 11.6 Å². The Kier molecular flexibility index (Phi) is 4.92. The first kappa shape index (κ1) is 22.9. The summed E-state index contributed by atoms with van der Waals surface area (Å²) >= 11 is 0. The molecule has 0 amide bonds. The molecule has 2 N–H and O–H groups in total. The first-order chi connectivity index (χ1) is 14.8. The number of carbonyl (C=O) groups is 1. The smallest absolute Gasteiger partial charge is 0.312 e. The maximum Gasteiger partial charge on any atom is 0.312 e. The average molecular weight is 443 g/mol. The van der Waals surface area contributed by atoms with E-state index in [1.807, 2.05) is 6.92 Å². The molecule has 10 atom stereocenters. The minimum atomic E-state index is -1.03. The van der Waals surface area contributed by atoms with Gasteiger partial charge in [0.2, 0.25) is 0 Å². The van der Waals surface area contributed by atoms with Gasteiger partial charge in [-0.15, -0.1) is 0 Å². The minimum absolute atomic E-state index is 0.0245. The summed E-state index contributed by atoms with van der Waals surface area (Å²) in [6.45, 7) is 14.5. The Balaban J connectivity index is 1.59. The van der Waals surface area contributed by atoms with E-state index in [9.17, 15) is 15.0 Å². The van der Waals surface area contributed by atoms with Gasteiger partial charge in [0, 0.05) is 0 Å². The lowest BCUT2D eigenvalue weighted by atomic mass is 9.33. The third-order valence-corrected chi connectivity index (χ3v) is 12.9. The van der Waals surface area contributed by atoms with Crippen LogP contribution in [0.3, 0.4) is 0 Å². The zero-order valence-corrected chi connectivity index (χ0v) is 21.3. The lowest BCUT2D eigenvalue weighted by Crippen LogP contribution is -2.66. The maximum absolute atomic E-state index is 12.5. The summed E-state index contributed by atoms with van der Waals surface area (Å²) in [6.07, 6.45) is 13.4. The van der Waals surface area contributed by atoms with Gasteiger partial charge in [-0.3, -0.25) is 4.79 Å². The summed E-state index contributed by atoms with van der Waals surface area (Å²) in [5.74, 6) is 1.24. The first-order valence-electron chi connectivity index (χ1n) is 13.5. The molecule has 0 bridgehead atoms. The van der Waals surface area contributed by atoms with Gasteiger partial charge in [0.25, 0.3) is 0 Å². The molecule has 0 aromatic rings. The molecule has 0 aromatic carbocycles. The summed E-state index contributed by atoms with van der Waals surface area (Å²) in [5.41, 5.74) is 1.62. The second kappa shape index (κ2) is 6.86. The predicted octanol–water partition coefficient (Wildman–Crippen LogP) is 6.84. The zero-order valence-electron chi connectivity index (χ0n) is 21.3. The molecule has 4 saturated carbocycles. The van der Waals surface area contributed by atoms with E-state index >= 15 is 0 Å². The fraction of sp³-hybridized carbons (Fsp3) is 0.897.